The van der Waals surface area contributed by atoms with Gasteiger partial charge in [0.15, 0.2) is 0 Å². The van der Waals surface area contributed by atoms with E-state index in [9.17, 15) is 0 Å². The Hall–Kier alpha value is -1.58. The van der Waals surface area contributed by atoms with Crippen LogP contribution in [0.15, 0.2) is 36.4 Å². The first-order valence-electron chi connectivity index (χ1n) is 2.20. The fourth-order valence-electron chi connectivity index (χ4n) is 0.385. The number of benzene rings is 1. The number of rotatable bonds is 0. The molecule has 0 aliphatic rings. The van der Waals surface area contributed by atoms with Gasteiger partial charge in [-0.2, -0.15) is 0 Å². The van der Waals surface area contributed by atoms with Crippen molar-refractivity contribution in [3.05, 3.63) is 36.4 Å². The summed E-state index contributed by atoms with van der Waals surface area (Å²) in [5.41, 5.74) is 0. The summed E-state index contributed by atoms with van der Waals surface area (Å²) in [6, 6.07) is 12.0. The van der Waals surface area contributed by atoms with Crippen LogP contribution in [0.2, 0.25) is 0 Å². The average molecular weight is 200 g/mol. The first kappa shape index (κ1) is 42.2. The maximum Gasteiger partial charge on any atom is 0.0814 e. The highest BCUT2D eigenvalue weighted by molar-refractivity contribution is 5.75. The maximum atomic E-state index is 6.00. The highest BCUT2D eigenvalue weighted by Gasteiger charge is 1.57. The van der Waals surface area contributed by atoms with E-state index in [2.05, 4.69) is 0 Å². The third-order valence-corrected chi connectivity index (χ3v) is 0.667. The normalized spacial score (nSPS) is 3.85. The van der Waals surface area contributed by atoms with Crippen molar-refractivity contribution in [2.24, 2.45) is 0 Å². The molecule has 0 amide bonds. The molecule has 0 atom stereocenters. The van der Waals surface area contributed by atoms with Gasteiger partial charge in [0, 0.05) is 10.8 Å². The minimum absolute atomic E-state index is 0. The Balaban J connectivity index is -0.0000000166. The summed E-state index contributed by atoms with van der Waals surface area (Å²) < 4.78 is 0. The lowest BCUT2D eigenvalue weighted by atomic mass is 10.4. The quantitative estimate of drug-likeness (QED) is 0.358. The number of halogens is 4. The first-order chi connectivity index (χ1) is 4.00. The Morgan fingerprint density at radius 3 is 0.615 bits per heavy atom. The van der Waals surface area contributed by atoms with Gasteiger partial charge in [-0.15, -0.1) is 0 Å². The minimum Gasteiger partial charge on any atom is -0.269 e. The van der Waals surface area contributed by atoms with E-state index < -0.39 is 0 Å². The van der Waals surface area contributed by atoms with Crippen molar-refractivity contribution in [2.75, 3.05) is 0 Å². The molecule has 1 aromatic rings. The van der Waals surface area contributed by atoms with E-state index in [0.29, 0.717) is 0 Å². The lowest BCUT2D eigenvalue weighted by Gasteiger charge is -1.69. The van der Waals surface area contributed by atoms with E-state index in [1.807, 2.05) is 36.4 Å². The van der Waals surface area contributed by atoms with E-state index in [1.54, 1.807) is 0 Å². The van der Waals surface area contributed by atoms with Crippen LogP contribution in [-0.2, 0) is 0 Å². The van der Waals surface area contributed by atoms with Gasteiger partial charge in [-0.25, -0.2) is 0 Å². The molecule has 0 aromatic heterocycles. The van der Waals surface area contributed by atoms with Crippen LogP contribution in [-0.4, -0.2) is 8.41 Å². The molecule has 78 valence electrons. The van der Waals surface area contributed by atoms with Crippen molar-refractivity contribution in [1.82, 2.24) is 0 Å². The second-order valence-electron chi connectivity index (χ2n) is 1.15. The van der Waals surface area contributed by atoms with Gasteiger partial charge in [0.05, 0.1) is 8.41 Å². The summed E-state index contributed by atoms with van der Waals surface area (Å²) in [6.45, 7) is 0. The predicted molar refractivity (Wildman–Crippen MR) is 49.8 cm³/mol. The van der Waals surface area contributed by atoms with E-state index in [-0.39, 0.29) is 27.2 Å². The summed E-state index contributed by atoms with van der Waals surface area (Å²) in [5.74, 6) is 0. The molecule has 2 nitrogen and oxygen atoms in total. The molecule has 0 unspecified atom stereocenters. The van der Waals surface area contributed by atoms with E-state index in [0.717, 1.165) is 0 Å². The van der Waals surface area contributed by atoms with E-state index in [4.69, 9.17) is 10.8 Å². The monoisotopic (exact) mass is 200 g/mol. The molecule has 0 saturated carbocycles. The van der Waals surface area contributed by atoms with Crippen LogP contribution in [0, 0.1) is 10.8 Å². The van der Waals surface area contributed by atoms with Crippen LogP contribution in [0.3, 0.4) is 0 Å². The van der Waals surface area contributed by atoms with Crippen molar-refractivity contribution in [3.8, 4) is 0 Å². The van der Waals surface area contributed by atoms with E-state index in [1.165, 1.54) is 0 Å². The Kier molecular flexibility index (Phi) is 153. The van der Waals surface area contributed by atoms with Crippen LogP contribution in [0.25, 0.3) is 0 Å². The summed E-state index contributed by atoms with van der Waals surface area (Å²) in [5, 5.41) is 12.0. The van der Waals surface area contributed by atoms with Gasteiger partial charge in [-0.05, 0) is 0 Å². The molecule has 1 rings (SSSR count). The molecule has 0 aliphatic carbocycles. The van der Waals surface area contributed by atoms with E-state index >= 15 is 0 Å². The molecule has 13 heavy (non-hydrogen) atoms. The molecule has 0 radical (unpaired) electrons. The largest absolute Gasteiger partial charge is 0.269 e. The topological polar surface area (TPSA) is 47.6 Å². The number of hydrogen-bond acceptors (Lipinski definition) is 2. The van der Waals surface area contributed by atoms with Crippen LogP contribution in [0.4, 0.5) is 18.8 Å². The Labute approximate surface area is 75.4 Å². The molecule has 0 aliphatic heterocycles. The van der Waals surface area contributed by atoms with Gasteiger partial charge in [-0.3, -0.25) is 18.8 Å². The summed E-state index contributed by atoms with van der Waals surface area (Å²) in [6.07, 6.45) is 0. The Morgan fingerprint density at radius 2 is 0.538 bits per heavy atom. The highest BCUT2D eigenvalue weighted by Crippen LogP contribution is 1.79. The molecule has 0 N–H and O–H groups in total. The van der Waals surface area contributed by atoms with Gasteiger partial charge >= 0.3 is 0 Å². The molecule has 0 bridgehead atoms. The minimum atomic E-state index is 0. The molecule has 7 heteroatoms. The smallest absolute Gasteiger partial charge is 0.0814 e. The van der Waals surface area contributed by atoms with Crippen LogP contribution >= 0.6 is 0 Å². The maximum absolute atomic E-state index is 6.00. The highest BCUT2D eigenvalue weighted by atomic mass is 19.0. The zero-order valence-corrected chi connectivity index (χ0v) is 5.99. The molecule has 1 aromatic carbocycles. The van der Waals surface area contributed by atoms with Gasteiger partial charge in [0.25, 0.3) is 0 Å². The standard InChI is InChI=1S/C6H6.BH3.4FH.N2/c1-2-4-6-5-3-1;;;;;;1-2/h1-6H;1H3;4*1H;. The number of nitrogens with zero attached hydrogens (tertiary/aromatic N) is 2. The fourth-order valence-corrected chi connectivity index (χ4v) is 0.385. The third-order valence-electron chi connectivity index (χ3n) is 0.667. The fraction of sp³-hybridized carbons (Fsp3) is 0. The van der Waals surface area contributed by atoms with Crippen LogP contribution in [0.1, 0.15) is 0 Å². The molecular weight excluding hydrogens is 187 g/mol. The molecule has 0 heterocycles. The zero-order chi connectivity index (χ0) is 6.24. The zero-order valence-electron chi connectivity index (χ0n) is 5.99. The summed E-state index contributed by atoms with van der Waals surface area (Å²) in [4.78, 5) is 0. The Morgan fingerprint density at radius 1 is 0.462 bits per heavy atom. The predicted octanol–water partition coefficient (Wildman–Crippen LogP) is 1.14. The van der Waals surface area contributed by atoms with Crippen molar-refractivity contribution < 1.29 is 18.8 Å². The van der Waals surface area contributed by atoms with Gasteiger partial charge in [0.1, 0.15) is 0 Å². The SMILES string of the molecule is B.F.F.F.F.N#N.c1ccccc1. The first-order valence-corrected chi connectivity index (χ1v) is 2.20. The summed E-state index contributed by atoms with van der Waals surface area (Å²) >= 11 is 0. The second kappa shape index (κ2) is 47.3. The van der Waals surface area contributed by atoms with Gasteiger partial charge < -0.3 is 0 Å². The number of hydrogen-bond donors (Lipinski definition) is 0. The van der Waals surface area contributed by atoms with Crippen molar-refractivity contribution in [1.29, 1.82) is 10.8 Å². The molecule has 0 fully saturated rings. The average Bonchev–Trinajstić information content (AvgIpc) is 1.96. The van der Waals surface area contributed by atoms with Crippen molar-refractivity contribution in [3.63, 3.8) is 0 Å². The van der Waals surface area contributed by atoms with Crippen LogP contribution in [0.5, 0.6) is 0 Å². The molecular formula is C6H13BF4N2. The molecule has 0 saturated heterocycles. The lowest BCUT2D eigenvalue weighted by Crippen LogP contribution is -1.47. The third kappa shape index (κ3) is 37.8. The molecule has 0 spiro atoms. The Bertz CT molecular complexity index is 123. The van der Waals surface area contributed by atoms with Gasteiger partial charge in [0.2, 0.25) is 0 Å². The van der Waals surface area contributed by atoms with Gasteiger partial charge in [-0.1, -0.05) is 36.4 Å². The van der Waals surface area contributed by atoms with Crippen molar-refractivity contribution in [2.45, 2.75) is 0 Å². The van der Waals surface area contributed by atoms with Crippen LogP contribution < -0.4 is 0 Å². The lowest BCUT2D eigenvalue weighted by molar-refractivity contribution is 1.11. The summed E-state index contributed by atoms with van der Waals surface area (Å²) in [7, 11) is 0. The second-order valence-corrected chi connectivity index (χ2v) is 1.15. The van der Waals surface area contributed by atoms with Crippen molar-refractivity contribution >= 4 is 8.41 Å².